The molecular formula is C13H10N2O3S3. The number of fused-ring (bicyclic) bond motifs is 1. The van der Waals surface area contributed by atoms with E-state index >= 15 is 0 Å². The van der Waals surface area contributed by atoms with Crippen LogP contribution in [0, 0.1) is 0 Å². The number of nitrogens with zero attached hydrogens (tertiary/aromatic N) is 2. The lowest BCUT2D eigenvalue weighted by Gasteiger charge is -2.10. The molecule has 0 saturated heterocycles. The molecule has 5 nitrogen and oxygen atoms in total. The van der Waals surface area contributed by atoms with Crippen LogP contribution in [0.5, 0.6) is 0 Å². The zero-order valence-corrected chi connectivity index (χ0v) is 13.1. The summed E-state index contributed by atoms with van der Waals surface area (Å²) in [6, 6.07) is 5.62. The zero-order chi connectivity index (χ0) is 14.8. The Labute approximate surface area is 131 Å². The Bertz CT molecular complexity index is 836. The maximum Gasteiger partial charge on any atom is 0.313 e. The van der Waals surface area contributed by atoms with Crippen LogP contribution >= 0.6 is 34.4 Å². The molecule has 1 N–H and O–H groups in total. The molecule has 0 aliphatic carbocycles. The summed E-state index contributed by atoms with van der Waals surface area (Å²) < 4.78 is 1.55. The van der Waals surface area contributed by atoms with Gasteiger partial charge in [0.15, 0.2) is 5.16 Å². The van der Waals surface area contributed by atoms with Crippen LogP contribution < -0.4 is 5.56 Å². The van der Waals surface area contributed by atoms with Gasteiger partial charge in [0.25, 0.3) is 5.56 Å². The lowest BCUT2D eigenvalue weighted by molar-refractivity contribution is -0.133. The molecule has 108 valence electrons. The molecule has 0 fully saturated rings. The average Bonchev–Trinajstić information content (AvgIpc) is 3.11. The van der Waals surface area contributed by atoms with Gasteiger partial charge in [-0.2, -0.15) is 0 Å². The first-order valence-electron chi connectivity index (χ1n) is 6.00. The zero-order valence-electron chi connectivity index (χ0n) is 10.7. The molecule has 21 heavy (non-hydrogen) atoms. The Morgan fingerprint density at radius 1 is 1.33 bits per heavy atom. The van der Waals surface area contributed by atoms with Gasteiger partial charge in [0, 0.05) is 4.88 Å². The van der Waals surface area contributed by atoms with Gasteiger partial charge in [-0.05, 0) is 22.9 Å². The second-order valence-corrected chi connectivity index (χ2v) is 7.06. The largest absolute Gasteiger partial charge is 0.481 e. The average molecular weight is 338 g/mol. The minimum Gasteiger partial charge on any atom is -0.481 e. The van der Waals surface area contributed by atoms with Crippen molar-refractivity contribution < 1.29 is 9.90 Å². The number of rotatable bonds is 5. The van der Waals surface area contributed by atoms with E-state index in [1.165, 1.54) is 11.3 Å². The van der Waals surface area contributed by atoms with Crippen molar-refractivity contribution in [2.75, 3.05) is 5.75 Å². The quantitative estimate of drug-likeness (QED) is 0.572. The molecule has 0 aromatic carbocycles. The van der Waals surface area contributed by atoms with Gasteiger partial charge < -0.3 is 5.11 Å². The summed E-state index contributed by atoms with van der Waals surface area (Å²) in [6.45, 7) is 0.414. The van der Waals surface area contributed by atoms with Gasteiger partial charge in [-0.25, -0.2) is 4.98 Å². The van der Waals surface area contributed by atoms with Crippen LogP contribution in [0.2, 0.25) is 0 Å². The Kier molecular flexibility index (Phi) is 4.09. The second-order valence-electron chi connectivity index (χ2n) is 4.19. The Balaban J connectivity index is 2.08. The SMILES string of the molecule is O=C(O)CSc1nc2sccc2c(=O)n1Cc1cccs1. The van der Waals surface area contributed by atoms with Gasteiger partial charge in [0.1, 0.15) is 4.83 Å². The lowest BCUT2D eigenvalue weighted by Crippen LogP contribution is -2.23. The minimum atomic E-state index is -0.928. The number of hydrogen-bond donors (Lipinski definition) is 1. The van der Waals surface area contributed by atoms with Crippen molar-refractivity contribution >= 4 is 50.6 Å². The van der Waals surface area contributed by atoms with Crippen LogP contribution in [0.1, 0.15) is 4.88 Å². The highest BCUT2D eigenvalue weighted by Crippen LogP contribution is 2.22. The van der Waals surface area contributed by atoms with Crippen molar-refractivity contribution in [3.05, 3.63) is 44.2 Å². The van der Waals surface area contributed by atoms with Crippen molar-refractivity contribution in [3.63, 3.8) is 0 Å². The summed E-state index contributed by atoms with van der Waals surface area (Å²) in [4.78, 5) is 29.4. The first-order chi connectivity index (χ1) is 10.1. The molecule has 3 rings (SSSR count). The molecular weight excluding hydrogens is 328 g/mol. The third kappa shape index (κ3) is 3.02. The number of aromatic nitrogens is 2. The molecule has 8 heteroatoms. The molecule has 3 aromatic rings. The summed E-state index contributed by atoms with van der Waals surface area (Å²) in [5.41, 5.74) is -0.123. The van der Waals surface area contributed by atoms with Crippen molar-refractivity contribution in [1.29, 1.82) is 0 Å². The monoisotopic (exact) mass is 338 g/mol. The fraction of sp³-hybridized carbons (Fsp3) is 0.154. The number of thioether (sulfide) groups is 1. The normalized spacial score (nSPS) is 11.0. The maximum atomic E-state index is 12.6. The molecule has 0 radical (unpaired) electrons. The molecule has 0 saturated carbocycles. The fourth-order valence-corrected chi connectivity index (χ4v) is 4.08. The predicted octanol–water partition coefficient (Wildman–Crippen LogP) is 2.74. The second kappa shape index (κ2) is 6.00. The first-order valence-corrected chi connectivity index (χ1v) is 8.74. The molecule has 0 bridgehead atoms. The minimum absolute atomic E-state index is 0.117. The maximum absolute atomic E-state index is 12.6. The van der Waals surface area contributed by atoms with Gasteiger partial charge in [-0.3, -0.25) is 14.2 Å². The molecule has 0 atom stereocenters. The van der Waals surface area contributed by atoms with E-state index in [2.05, 4.69) is 4.98 Å². The summed E-state index contributed by atoms with van der Waals surface area (Å²) in [7, 11) is 0. The summed E-state index contributed by atoms with van der Waals surface area (Å²) in [5, 5.41) is 13.6. The standard InChI is InChI=1S/C13H10N2O3S3/c16-10(17)7-21-13-14-11-9(3-5-20-11)12(18)15(13)6-8-2-1-4-19-8/h1-5H,6-7H2,(H,16,17). The van der Waals surface area contributed by atoms with Crippen molar-refractivity contribution in [2.45, 2.75) is 11.7 Å². The van der Waals surface area contributed by atoms with E-state index in [1.54, 1.807) is 22.0 Å². The Hall–Kier alpha value is -1.64. The number of thiophene rings is 2. The number of hydrogen-bond acceptors (Lipinski definition) is 6. The van der Waals surface area contributed by atoms with Crippen LogP contribution in [0.25, 0.3) is 10.2 Å². The number of aliphatic carboxylic acids is 1. The molecule has 3 aromatic heterocycles. The van der Waals surface area contributed by atoms with E-state index in [-0.39, 0.29) is 11.3 Å². The smallest absolute Gasteiger partial charge is 0.313 e. The van der Waals surface area contributed by atoms with Crippen LogP contribution in [0.4, 0.5) is 0 Å². The van der Waals surface area contributed by atoms with E-state index in [4.69, 9.17) is 5.11 Å². The van der Waals surface area contributed by atoms with Crippen molar-refractivity contribution in [2.24, 2.45) is 0 Å². The molecule has 0 spiro atoms. The highest BCUT2D eigenvalue weighted by Gasteiger charge is 2.14. The summed E-state index contributed by atoms with van der Waals surface area (Å²) in [6.07, 6.45) is 0. The lowest BCUT2D eigenvalue weighted by atomic mass is 10.4. The molecule has 0 aliphatic heterocycles. The number of carboxylic acids is 1. The molecule has 0 amide bonds. The van der Waals surface area contributed by atoms with Crippen molar-refractivity contribution in [3.8, 4) is 0 Å². The van der Waals surface area contributed by atoms with E-state index in [0.29, 0.717) is 21.9 Å². The first kappa shape index (κ1) is 14.3. The Morgan fingerprint density at radius 2 is 2.19 bits per heavy atom. The van der Waals surface area contributed by atoms with Crippen LogP contribution in [-0.2, 0) is 11.3 Å². The highest BCUT2D eigenvalue weighted by molar-refractivity contribution is 7.99. The van der Waals surface area contributed by atoms with Crippen LogP contribution in [0.15, 0.2) is 38.9 Å². The fourth-order valence-electron chi connectivity index (χ4n) is 1.86. The van der Waals surface area contributed by atoms with E-state index in [9.17, 15) is 9.59 Å². The molecule has 0 unspecified atom stereocenters. The van der Waals surface area contributed by atoms with Crippen LogP contribution in [-0.4, -0.2) is 26.4 Å². The highest BCUT2D eigenvalue weighted by atomic mass is 32.2. The summed E-state index contributed by atoms with van der Waals surface area (Å²) >= 11 is 4.01. The predicted molar refractivity (Wildman–Crippen MR) is 85.7 cm³/mol. The number of carboxylic acid groups (broad SMARTS) is 1. The van der Waals surface area contributed by atoms with Crippen LogP contribution in [0.3, 0.4) is 0 Å². The topological polar surface area (TPSA) is 72.2 Å². The third-order valence-electron chi connectivity index (χ3n) is 2.77. The third-order valence-corrected chi connectivity index (χ3v) is 5.40. The van der Waals surface area contributed by atoms with Gasteiger partial charge >= 0.3 is 5.97 Å². The van der Waals surface area contributed by atoms with E-state index in [0.717, 1.165) is 16.6 Å². The van der Waals surface area contributed by atoms with Gasteiger partial charge in [0.05, 0.1) is 17.7 Å². The van der Waals surface area contributed by atoms with E-state index < -0.39 is 5.97 Å². The molecule has 3 heterocycles. The number of carbonyl (C=O) groups is 1. The molecule has 0 aliphatic rings. The van der Waals surface area contributed by atoms with E-state index in [1.807, 2.05) is 22.9 Å². The van der Waals surface area contributed by atoms with Gasteiger partial charge in [-0.15, -0.1) is 22.7 Å². The van der Waals surface area contributed by atoms with Gasteiger partial charge in [0.2, 0.25) is 0 Å². The Morgan fingerprint density at radius 3 is 2.90 bits per heavy atom. The van der Waals surface area contributed by atoms with Gasteiger partial charge in [-0.1, -0.05) is 17.8 Å². The summed E-state index contributed by atoms with van der Waals surface area (Å²) in [5.74, 6) is -1.04. The van der Waals surface area contributed by atoms with Crippen molar-refractivity contribution in [1.82, 2.24) is 9.55 Å².